The summed E-state index contributed by atoms with van der Waals surface area (Å²) >= 11 is 0. The molecule has 8 nitrogen and oxygen atoms in total. The third-order valence-corrected chi connectivity index (χ3v) is 5.66. The normalized spacial score (nSPS) is 14.5. The van der Waals surface area contributed by atoms with Crippen LogP contribution in [0.4, 0.5) is 11.8 Å². The highest BCUT2D eigenvalue weighted by Crippen LogP contribution is 2.23. The molecular weight excluding hydrogens is 402 g/mol. The second kappa shape index (κ2) is 8.68. The molecule has 1 aliphatic rings. The Labute approximate surface area is 186 Å². The van der Waals surface area contributed by atoms with Gasteiger partial charge in [-0.05, 0) is 48.5 Å². The number of pyridine rings is 2. The van der Waals surface area contributed by atoms with Crippen molar-refractivity contribution in [3.63, 3.8) is 0 Å². The zero-order chi connectivity index (χ0) is 21.9. The molecule has 8 heteroatoms. The van der Waals surface area contributed by atoms with Gasteiger partial charge in [-0.1, -0.05) is 12.1 Å². The second-order valence-electron chi connectivity index (χ2n) is 7.85. The third kappa shape index (κ3) is 4.26. The third-order valence-electron chi connectivity index (χ3n) is 5.66. The number of rotatable bonds is 4. The monoisotopic (exact) mass is 425 g/mol. The average molecular weight is 425 g/mol. The van der Waals surface area contributed by atoms with Gasteiger partial charge in [0, 0.05) is 61.9 Å². The Morgan fingerprint density at radius 2 is 1.72 bits per heavy atom. The number of carbonyl (C=O) groups excluding carboxylic acids is 1. The number of nitrogens with one attached hydrogen (secondary N) is 1. The summed E-state index contributed by atoms with van der Waals surface area (Å²) in [5, 5.41) is 3.73. The second-order valence-corrected chi connectivity index (χ2v) is 7.85. The van der Waals surface area contributed by atoms with E-state index >= 15 is 0 Å². The van der Waals surface area contributed by atoms with Crippen molar-refractivity contribution in [2.75, 3.05) is 43.4 Å². The molecule has 0 atom stereocenters. The number of likely N-dealkylation sites (N-methyl/N-ethyl adjacent to an activating group) is 1. The van der Waals surface area contributed by atoms with E-state index in [-0.39, 0.29) is 11.9 Å². The van der Waals surface area contributed by atoms with Crippen LogP contribution in [0.2, 0.25) is 0 Å². The van der Waals surface area contributed by atoms with Gasteiger partial charge in [-0.3, -0.25) is 15.1 Å². The summed E-state index contributed by atoms with van der Waals surface area (Å²) < 4.78 is 0. The lowest BCUT2D eigenvalue weighted by Gasteiger charge is -2.33. The molecule has 32 heavy (non-hydrogen) atoms. The van der Waals surface area contributed by atoms with E-state index in [0.29, 0.717) is 5.56 Å². The summed E-state index contributed by atoms with van der Waals surface area (Å²) in [6.45, 7) is 3.74. The molecule has 0 bridgehead atoms. The number of piperazine rings is 1. The highest BCUT2D eigenvalue weighted by Gasteiger charge is 2.17. The quantitative estimate of drug-likeness (QED) is 0.538. The zero-order valence-corrected chi connectivity index (χ0v) is 17.8. The average Bonchev–Trinajstić information content (AvgIpc) is 2.84. The van der Waals surface area contributed by atoms with Gasteiger partial charge in [-0.15, -0.1) is 0 Å². The molecule has 3 aromatic heterocycles. The van der Waals surface area contributed by atoms with Crippen LogP contribution in [0.1, 0.15) is 10.4 Å². The Hall–Kier alpha value is -3.91. The van der Waals surface area contributed by atoms with Crippen molar-refractivity contribution in [1.29, 1.82) is 0 Å². The fraction of sp³-hybridized carbons (Fsp3) is 0.208. The molecule has 160 valence electrons. The smallest absolute Gasteiger partial charge is 0.258 e. The molecule has 4 aromatic rings. The first kappa shape index (κ1) is 20.0. The van der Waals surface area contributed by atoms with Gasteiger partial charge >= 0.3 is 0 Å². The largest absolute Gasteiger partial charge is 0.354 e. The molecule has 4 heterocycles. The maximum atomic E-state index is 12.9. The van der Waals surface area contributed by atoms with Crippen LogP contribution in [0.3, 0.4) is 0 Å². The predicted octanol–water partition coefficient (Wildman–Crippen LogP) is 3.09. The van der Waals surface area contributed by atoms with Gasteiger partial charge in [0.05, 0.1) is 5.52 Å². The molecule has 1 amide bonds. The van der Waals surface area contributed by atoms with Gasteiger partial charge in [-0.2, -0.15) is 0 Å². The molecule has 0 radical (unpaired) electrons. The number of hydrogen-bond donors (Lipinski definition) is 1. The van der Waals surface area contributed by atoms with Crippen LogP contribution in [-0.2, 0) is 0 Å². The van der Waals surface area contributed by atoms with Crippen molar-refractivity contribution in [2.24, 2.45) is 0 Å². The van der Waals surface area contributed by atoms with Crippen molar-refractivity contribution in [2.45, 2.75) is 0 Å². The number of amides is 1. The van der Waals surface area contributed by atoms with Crippen LogP contribution in [0.25, 0.3) is 22.0 Å². The van der Waals surface area contributed by atoms with Gasteiger partial charge in [0.2, 0.25) is 5.95 Å². The Balaban J connectivity index is 1.36. The first-order valence-corrected chi connectivity index (χ1v) is 10.5. The number of anilines is 2. The zero-order valence-electron chi connectivity index (χ0n) is 17.8. The number of hydrogen-bond acceptors (Lipinski definition) is 7. The molecule has 1 aromatic carbocycles. The molecule has 5 rings (SSSR count). The maximum Gasteiger partial charge on any atom is 0.258 e. The van der Waals surface area contributed by atoms with Crippen molar-refractivity contribution >= 4 is 28.6 Å². The number of nitrogens with zero attached hydrogens (tertiary/aromatic N) is 6. The van der Waals surface area contributed by atoms with E-state index in [0.717, 1.165) is 54.0 Å². The van der Waals surface area contributed by atoms with Crippen LogP contribution < -0.4 is 10.2 Å². The Morgan fingerprint density at radius 1 is 0.906 bits per heavy atom. The predicted molar refractivity (Wildman–Crippen MR) is 125 cm³/mol. The van der Waals surface area contributed by atoms with Gasteiger partial charge in [0.25, 0.3) is 5.91 Å². The molecule has 0 spiro atoms. The molecule has 0 unspecified atom stereocenters. The van der Waals surface area contributed by atoms with E-state index in [4.69, 9.17) is 0 Å². The number of aromatic nitrogens is 4. The van der Waals surface area contributed by atoms with Crippen LogP contribution in [0, 0.1) is 0 Å². The summed E-state index contributed by atoms with van der Waals surface area (Å²) in [6, 6.07) is 13.4. The van der Waals surface area contributed by atoms with E-state index < -0.39 is 0 Å². The lowest BCUT2D eigenvalue weighted by atomic mass is 10.1. The van der Waals surface area contributed by atoms with Crippen LogP contribution in [-0.4, -0.2) is 64.0 Å². The van der Waals surface area contributed by atoms with Crippen molar-refractivity contribution in [3.05, 3.63) is 72.8 Å². The lowest BCUT2D eigenvalue weighted by Crippen LogP contribution is -2.44. The van der Waals surface area contributed by atoms with Crippen LogP contribution in [0.15, 0.2) is 67.3 Å². The van der Waals surface area contributed by atoms with E-state index in [1.54, 1.807) is 30.9 Å². The summed E-state index contributed by atoms with van der Waals surface area (Å²) in [4.78, 5) is 34.7. The highest BCUT2D eigenvalue weighted by atomic mass is 16.1. The Kier molecular flexibility index (Phi) is 5.43. The number of carbonyl (C=O) groups is 1. The minimum absolute atomic E-state index is 0.257. The molecule has 1 fully saturated rings. The van der Waals surface area contributed by atoms with Gasteiger partial charge in [-0.25, -0.2) is 15.0 Å². The molecule has 1 aliphatic heterocycles. The first-order valence-electron chi connectivity index (χ1n) is 10.5. The minimum atomic E-state index is -0.257. The topological polar surface area (TPSA) is 87.1 Å². The summed E-state index contributed by atoms with van der Waals surface area (Å²) in [6.07, 6.45) is 6.91. The summed E-state index contributed by atoms with van der Waals surface area (Å²) in [5.41, 5.74) is 3.38. The lowest BCUT2D eigenvalue weighted by molar-refractivity contribution is 0.102. The fourth-order valence-corrected chi connectivity index (χ4v) is 3.75. The van der Waals surface area contributed by atoms with E-state index in [9.17, 15) is 4.79 Å². The highest BCUT2D eigenvalue weighted by molar-refractivity contribution is 6.04. The van der Waals surface area contributed by atoms with Crippen molar-refractivity contribution in [1.82, 2.24) is 24.8 Å². The van der Waals surface area contributed by atoms with E-state index in [1.807, 2.05) is 36.4 Å². The SMILES string of the molecule is CN1CCN(c2cc(C(=O)Nc3ncc4ccc(-c5ccncc5)cc4n3)ccn2)CC1. The van der Waals surface area contributed by atoms with Crippen molar-refractivity contribution in [3.8, 4) is 11.1 Å². The van der Waals surface area contributed by atoms with E-state index in [2.05, 4.69) is 42.1 Å². The molecule has 1 N–H and O–H groups in total. The van der Waals surface area contributed by atoms with Crippen LogP contribution >= 0.6 is 0 Å². The molecule has 0 saturated carbocycles. The number of fused-ring (bicyclic) bond motifs is 1. The molecule has 0 aliphatic carbocycles. The van der Waals surface area contributed by atoms with Crippen LogP contribution in [0.5, 0.6) is 0 Å². The minimum Gasteiger partial charge on any atom is -0.354 e. The van der Waals surface area contributed by atoms with Gasteiger partial charge in [0.15, 0.2) is 0 Å². The Bertz CT molecular complexity index is 1250. The molecular formula is C24H23N7O. The molecule has 1 saturated heterocycles. The maximum absolute atomic E-state index is 12.9. The van der Waals surface area contributed by atoms with E-state index in [1.165, 1.54) is 0 Å². The Morgan fingerprint density at radius 3 is 2.53 bits per heavy atom. The summed E-state index contributed by atoms with van der Waals surface area (Å²) in [7, 11) is 2.11. The summed E-state index contributed by atoms with van der Waals surface area (Å²) in [5.74, 6) is 0.826. The van der Waals surface area contributed by atoms with Crippen molar-refractivity contribution < 1.29 is 4.79 Å². The van der Waals surface area contributed by atoms with Gasteiger partial charge < -0.3 is 9.80 Å². The van der Waals surface area contributed by atoms with Gasteiger partial charge in [0.1, 0.15) is 5.82 Å². The standard InChI is InChI=1S/C24H23N7O/c1-30-10-12-31(13-11-30)22-15-19(6-9-26-22)23(32)29-24-27-16-20-3-2-18(14-21(20)28-24)17-4-7-25-8-5-17/h2-9,14-16H,10-13H2,1H3,(H,27,28,29,32). The number of benzene rings is 1. The first-order chi connectivity index (χ1) is 15.7. The fourth-order valence-electron chi connectivity index (χ4n) is 3.75.